The van der Waals surface area contributed by atoms with Crippen molar-refractivity contribution in [2.24, 2.45) is 5.73 Å². The van der Waals surface area contributed by atoms with Gasteiger partial charge < -0.3 is 5.73 Å². The average molecular weight is 274 g/mol. The second-order valence-electron chi connectivity index (χ2n) is 4.43. The fourth-order valence-corrected chi connectivity index (χ4v) is 2.51. The second-order valence-corrected chi connectivity index (χ2v) is 4.84. The fraction of sp³-hybridized carbons (Fsp3) is 0.188. The highest BCUT2D eigenvalue weighted by atomic mass is 35.5. The second kappa shape index (κ2) is 5.89. The molecule has 0 saturated heterocycles. The Morgan fingerprint density at radius 2 is 1.84 bits per heavy atom. The van der Waals surface area contributed by atoms with Crippen LogP contribution in [0.4, 0.5) is 0 Å². The highest BCUT2D eigenvalue weighted by Crippen LogP contribution is 2.33. The molecule has 0 atom stereocenters. The minimum absolute atomic E-state index is 0.423. The van der Waals surface area contributed by atoms with Crippen LogP contribution in [0, 0.1) is 0 Å². The van der Waals surface area contributed by atoms with Gasteiger partial charge in [-0.25, -0.2) is 0 Å². The predicted molar refractivity (Wildman–Crippen MR) is 79.4 cm³/mol. The standard InChI is InChI=1S/C16H16ClNO/c1-2-6-12-14(17)10-9-13(16(18)19)15(12)11-7-4-3-5-8-11/h3-5,7-10H,2,6H2,1H3,(H2,18,19). The minimum atomic E-state index is -0.423. The molecule has 2 N–H and O–H groups in total. The normalized spacial score (nSPS) is 10.4. The van der Waals surface area contributed by atoms with Crippen LogP contribution in [0.2, 0.25) is 5.02 Å². The maximum absolute atomic E-state index is 11.6. The van der Waals surface area contributed by atoms with Crippen molar-refractivity contribution in [3.8, 4) is 11.1 Å². The number of halogens is 1. The third-order valence-corrected chi connectivity index (χ3v) is 3.44. The number of rotatable bonds is 4. The van der Waals surface area contributed by atoms with Crippen LogP contribution < -0.4 is 5.73 Å². The molecule has 3 heteroatoms. The van der Waals surface area contributed by atoms with E-state index in [1.54, 1.807) is 12.1 Å². The first-order chi connectivity index (χ1) is 9.15. The molecule has 1 amide bonds. The van der Waals surface area contributed by atoms with Crippen molar-refractivity contribution >= 4 is 17.5 Å². The van der Waals surface area contributed by atoms with Crippen molar-refractivity contribution < 1.29 is 4.79 Å². The first kappa shape index (κ1) is 13.6. The van der Waals surface area contributed by atoms with Crippen molar-refractivity contribution in [3.63, 3.8) is 0 Å². The number of primary amides is 1. The van der Waals surface area contributed by atoms with Crippen molar-refractivity contribution in [3.05, 3.63) is 58.6 Å². The number of carbonyl (C=O) groups excluding carboxylic acids is 1. The molecule has 0 radical (unpaired) electrons. The summed E-state index contributed by atoms with van der Waals surface area (Å²) in [6.07, 6.45) is 1.78. The molecule has 0 heterocycles. The van der Waals surface area contributed by atoms with Crippen LogP contribution in [0.1, 0.15) is 29.3 Å². The zero-order chi connectivity index (χ0) is 13.8. The smallest absolute Gasteiger partial charge is 0.249 e. The lowest BCUT2D eigenvalue weighted by Gasteiger charge is -2.14. The molecule has 2 nitrogen and oxygen atoms in total. The van der Waals surface area contributed by atoms with E-state index >= 15 is 0 Å². The minimum Gasteiger partial charge on any atom is -0.366 e. The van der Waals surface area contributed by atoms with Crippen LogP contribution in [-0.4, -0.2) is 5.91 Å². The van der Waals surface area contributed by atoms with Gasteiger partial charge in [0.15, 0.2) is 0 Å². The van der Waals surface area contributed by atoms with Gasteiger partial charge in [0.25, 0.3) is 0 Å². The van der Waals surface area contributed by atoms with E-state index in [0.717, 1.165) is 29.5 Å². The zero-order valence-corrected chi connectivity index (χ0v) is 11.6. The third-order valence-electron chi connectivity index (χ3n) is 3.08. The number of benzene rings is 2. The van der Waals surface area contributed by atoms with E-state index in [1.807, 2.05) is 30.3 Å². The van der Waals surface area contributed by atoms with Gasteiger partial charge in [-0.3, -0.25) is 4.79 Å². The highest BCUT2D eigenvalue weighted by Gasteiger charge is 2.16. The quantitative estimate of drug-likeness (QED) is 0.897. The van der Waals surface area contributed by atoms with E-state index in [-0.39, 0.29) is 0 Å². The van der Waals surface area contributed by atoms with E-state index in [2.05, 4.69) is 6.92 Å². The zero-order valence-electron chi connectivity index (χ0n) is 10.8. The summed E-state index contributed by atoms with van der Waals surface area (Å²) in [4.78, 5) is 11.6. The van der Waals surface area contributed by atoms with Gasteiger partial charge in [-0.1, -0.05) is 55.3 Å². The SMILES string of the molecule is CCCc1c(Cl)ccc(C(N)=O)c1-c1ccccc1. The van der Waals surface area contributed by atoms with Gasteiger partial charge in [0, 0.05) is 10.6 Å². The summed E-state index contributed by atoms with van der Waals surface area (Å²) in [5.74, 6) is -0.423. The van der Waals surface area contributed by atoms with Crippen molar-refractivity contribution in [2.45, 2.75) is 19.8 Å². The van der Waals surface area contributed by atoms with Crippen LogP contribution >= 0.6 is 11.6 Å². The Kier molecular flexibility index (Phi) is 4.23. The molecule has 0 spiro atoms. The van der Waals surface area contributed by atoms with Crippen LogP contribution in [0.5, 0.6) is 0 Å². The third kappa shape index (κ3) is 2.79. The Morgan fingerprint density at radius 1 is 1.16 bits per heavy atom. The summed E-state index contributed by atoms with van der Waals surface area (Å²) in [7, 11) is 0. The van der Waals surface area contributed by atoms with E-state index in [9.17, 15) is 4.79 Å². The molecule has 2 rings (SSSR count). The Morgan fingerprint density at radius 3 is 2.42 bits per heavy atom. The van der Waals surface area contributed by atoms with Crippen LogP contribution in [-0.2, 0) is 6.42 Å². The van der Waals surface area contributed by atoms with Gasteiger partial charge in [0.2, 0.25) is 5.91 Å². The topological polar surface area (TPSA) is 43.1 Å². The fourth-order valence-electron chi connectivity index (χ4n) is 2.26. The molecule has 0 saturated carbocycles. The molecular formula is C16H16ClNO. The molecule has 0 aliphatic rings. The Hall–Kier alpha value is -1.80. The summed E-state index contributed by atoms with van der Waals surface area (Å²) in [6, 6.07) is 13.2. The molecule has 0 fully saturated rings. The van der Waals surface area contributed by atoms with Gasteiger partial charge in [0.05, 0.1) is 0 Å². The first-order valence-corrected chi connectivity index (χ1v) is 6.69. The molecule has 2 aromatic rings. The molecule has 0 aromatic heterocycles. The summed E-state index contributed by atoms with van der Waals surface area (Å²) in [5.41, 5.74) is 8.84. The summed E-state index contributed by atoms with van der Waals surface area (Å²) < 4.78 is 0. The first-order valence-electron chi connectivity index (χ1n) is 6.31. The molecule has 98 valence electrons. The Bertz CT molecular complexity index is 593. The van der Waals surface area contributed by atoms with E-state index < -0.39 is 5.91 Å². The van der Waals surface area contributed by atoms with Crippen molar-refractivity contribution in [1.82, 2.24) is 0 Å². The Balaban J connectivity index is 2.73. The molecule has 0 unspecified atom stereocenters. The number of amides is 1. The Labute approximate surface area is 118 Å². The monoisotopic (exact) mass is 273 g/mol. The summed E-state index contributed by atoms with van der Waals surface area (Å²) >= 11 is 6.28. The number of hydrogen-bond acceptors (Lipinski definition) is 1. The van der Waals surface area contributed by atoms with Gasteiger partial charge in [-0.15, -0.1) is 0 Å². The van der Waals surface area contributed by atoms with Crippen molar-refractivity contribution in [2.75, 3.05) is 0 Å². The molecule has 0 aliphatic carbocycles. The maximum Gasteiger partial charge on any atom is 0.249 e. The lowest BCUT2D eigenvalue weighted by atomic mass is 9.92. The molecule has 2 aromatic carbocycles. The van der Waals surface area contributed by atoms with Crippen molar-refractivity contribution in [1.29, 1.82) is 0 Å². The van der Waals surface area contributed by atoms with Gasteiger partial charge >= 0.3 is 0 Å². The van der Waals surface area contributed by atoms with Crippen LogP contribution in [0.15, 0.2) is 42.5 Å². The number of hydrogen-bond donors (Lipinski definition) is 1. The van der Waals surface area contributed by atoms with Crippen LogP contribution in [0.25, 0.3) is 11.1 Å². The lowest BCUT2D eigenvalue weighted by Crippen LogP contribution is -2.13. The molecule has 19 heavy (non-hydrogen) atoms. The average Bonchev–Trinajstić information content (AvgIpc) is 2.41. The molecular weight excluding hydrogens is 258 g/mol. The number of carbonyl (C=O) groups is 1. The summed E-state index contributed by atoms with van der Waals surface area (Å²) in [6.45, 7) is 2.09. The van der Waals surface area contributed by atoms with E-state index in [0.29, 0.717) is 10.6 Å². The maximum atomic E-state index is 11.6. The number of nitrogens with two attached hydrogens (primary N) is 1. The van der Waals surface area contributed by atoms with Gasteiger partial charge in [0.1, 0.15) is 0 Å². The molecule has 0 bridgehead atoms. The summed E-state index contributed by atoms with van der Waals surface area (Å²) in [5, 5.41) is 0.686. The van der Waals surface area contributed by atoms with Gasteiger partial charge in [-0.05, 0) is 35.2 Å². The molecule has 0 aliphatic heterocycles. The van der Waals surface area contributed by atoms with Gasteiger partial charge in [-0.2, -0.15) is 0 Å². The highest BCUT2D eigenvalue weighted by molar-refractivity contribution is 6.32. The largest absolute Gasteiger partial charge is 0.366 e. The lowest BCUT2D eigenvalue weighted by molar-refractivity contribution is 0.100. The van der Waals surface area contributed by atoms with E-state index in [4.69, 9.17) is 17.3 Å². The van der Waals surface area contributed by atoms with Crippen LogP contribution in [0.3, 0.4) is 0 Å². The van der Waals surface area contributed by atoms with E-state index in [1.165, 1.54) is 0 Å². The predicted octanol–water partition coefficient (Wildman–Crippen LogP) is 4.06.